The van der Waals surface area contributed by atoms with Crippen LogP contribution in [0.15, 0.2) is 45.3 Å². The van der Waals surface area contributed by atoms with Gasteiger partial charge in [0, 0.05) is 11.5 Å². The molecular weight excluding hydrogens is 330 g/mol. The van der Waals surface area contributed by atoms with Crippen LogP contribution in [0.4, 0.5) is 0 Å². The Morgan fingerprint density at radius 3 is 2.92 bits per heavy atom. The zero-order valence-corrected chi connectivity index (χ0v) is 13.4. The van der Waals surface area contributed by atoms with Gasteiger partial charge in [-0.2, -0.15) is 0 Å². The number of carbonyl (C=O) groups excluding carboxylic acids is 1. The molecular formula is C16H11N3O4S. The molecule has 3 heterocycles. The van der Waals surface area contributed by atoms with Crippen molar-refractivity contribution in [1.29, 1.82) is 0 Å². The molecule has 1 aromatic carbocycles. The van der Waals surface area contributed by atoms with E-state index in [2.05, 4.69) is 14.7 Å². The minimum atomic E-state index is -0.476. The second-order valence-corrected chi connectivity index (χ2v) is 5.85. The van der Waals surface area contributed by atoms with Crippen molar-refractivity contribution in [2.45, 2.75) is 13.5 Å². The summed E-state index contributed by atoms with van der Waals surface area (Å²) >= 11 is 1.00. The van der Waals surface area contributed by atoms with Gasteiger partial charge in [-0.3, -0.25) is 0 Å². The lowest BCUT2D eigenvalue weighted by molar-refractivity contribution is 0.0469. The van der Waals surface area contributed by atoms with E-state index in [0.29, 0.717) is 27.8 Å². The second-order valence-electron chi connectivity index (χ2n) is 5.09. The number of hydrogen-bond acceptors (Lipinski definition) is 8. The first kappa shape index (κ1) is 14.6. The van der Waals surface area contributed by atoms with E-state index in [1.165, 1.54) is 0 Å². The number of furan rings is 1. The van der Waals surface area contributed by atoms with Gasteiger partial charge in [0.2, 0.25) is 5.76 Å². The largest absolute Gasteiger partial charge is 0.455 e. The fraction of sp³-hybridized carbons (Fsp3) is 0.125. The van der Waals surface area contributed by atoms with Crippen LogP contribution in [0.1, 0.15) is 21.1 Å². The summed E-state index contributed by atoms with van der Waals surface area (Å²) in [6, 6.07) is 11.2. The Bertz CT molecular complexity index is 984. The van der Waals surface area contributed by atoms with Gasteiger partial charge in [0.1, 0.15) is 17.9 Å². The van der Waals surface area contributed by atoms with E-state index >= 15 is 0 Å². The Labute approximate surface area is 140 Å². The Morgan fingerprint density at radius 2 is 2.12 bits per heavy atom. The van der Waals surface area contributed by atoms with Gasteiger partial charge >= 0.3 is 5.97 Å². The van der Waals surface area contributed by atoms with E-state index in [9.17, 15) is 4.79 Å². The van der Waals surface area contributed by atoms with E-state index in [-0.39, 0.29) is 6.61 Å². The van der Waals surface area contributed by atoms with Crippen LogP contribution in [0.5, 0.6) is 0 Å². The van der Waals surface area contributed by atoms with E-state index < -0.39 is 5.97 Å². The predicted octanol–water partition coefficient (Wildman–Crippen LogP) is 3.60. The van der Waals surface area contributed by atoms with E-state index in [4.69, 9.17) is 13.7 Å². The highest BCUT2D eigenvalue weighted by atomic mass is 32.1. The predicted molar refractivity (Wildman–Crippen MR) is 85.5 cm³/mol. The first-order valence-corrected chi connectivity index (χ1v) is 7.88. The number of esters is 1. The van der Waals surface area contributed by atoms with E-state index in [0.717, 1.165) is 22.5 Å². The Morgan fingerprint density at radius 1 is 1.25 bits per heavy atom. The summed E-state index contributed by atoms with van der Waals surface area (Å²) in [4.78, 5) is 12.3. The zero-order chi connectivity index (χ0) is 16.5. The summed E-state index contributed by atoms with van der Waals surface area (Å²) in [5.41, 5.74) is 1.81. The van der Waals surface area contributed by atoms with Gasteiger partial charge in [0.05, 0.1) is 5.69 Å². The van der Waals surface area contributed by atoms with Gasteiger partial charge < -0.3 is 13.7 Å². The molecule has 0 saturated heterocycles. The molecule has 4 rings (SSSR count). The molecule has 3 aromatic heterocycles. The van der Waals surface area contributed by atoms with Gasteiger partial charge in [-0.05, 0) is 30.6 Å². The normalized spacial score (nSPS) is 11.0. The molecule has 0 aliphatic heterocycles. The SMILES string of the molecule is Cc1nnsc1C(=O)OCc1cc(-c2cc3ccccc3o2)on1. The lowest BCUT2D eigenvalue weighted by Crippen LogP contribution is -2.05. The fourth-order valence-corrected chi connectivity index (χ4v) is 2.77. The van der Waals surface area contributed by atoms with Crippen LogP contribution in [-0.4, -0.2) is 20.7 Å². The van der Waals surface area contributed by atoms with Crippen molar-refractivity contribution < 1.29 is 18.5 Å². The van der Waals surface area contributed by atoms with E-state index in [1.54, 1.807) is 13.0 Å². The van der Waals surface area contributed by atoms with Crippen LogP contribution in [0.2, 0.25) is 0 Å². The van der Waals surface area contributed by atoms with Crippen LogP contribution < -0.4 is 0 Å². The van der Waals surface area contributed by atoms with Crippen molar-refractivity contribution in [3.8, 4) is 11.5 Å². The summed E-state index contributed by atoms with van der Waals surface area (Å²) in [5.74, 6) is 0.576. The average Bonchev–Trinajstić information content (AvgIpc) is 3.31. The maximum atomic E-state index is 11.9. The van der Waals surface area contributed by atoms with E-state index in [1.807, 2.05) is 30.3 Å². The molecule has 0 saturated carbocycles. The summed E-state index contributed by atoms with van der Waals surface area (Å²) in [6.45, 7) is 1.70. The zero-order valence-electron chi connectivity index (χ0n) is 12.6. The van der Waals surface area contributed by atoms with Gasteiger partial charge in [-0.25, -0.2) is 4.79 Å². The minimum Gasteiger partial charge on any atom is -0.455 e. The maximum absolute atomic E-state index is 11.9. The lowest BCUT2D eigenvalue weighted by atomic mass is 10.2. The van der Waals surface area contributed by atoms with Crippen molar-refractivity contribution in [3.05, 3.63) is 52.7 Å². The highest BCUT2D eigenvalue weighted by Gasteiger charge is 2.17. The Balaban J connectivity index is 1.48. The molecule has 0 unspecified atom stereocenters. The molecule has 0 fully saturated rings. The number of fused-ring (bicyclic) bond motifs is 1. The average molecular weight is 341 g/mol. The van der Waals surface area contributed by atoms with Crippen LogP contribution in [0, 0.1) is 6.92 Å². The highest BCUT2D eigenvalue weighted by molar-refractivity contribution is 7.07. The third-order valence-electron chi connectivity index (χ3n) is 3.42. The molecule has 0 N–H and O–H groups in total. The Kier molecular flexibility index (Phi) is 3.58. The molecule has 0 bridgehead atoms. The monoisotopic (exact) mass is 341 g/mol. The summed E-state index contributed by atoms with van der Waals surface area (Å²) < 4.78 is 19.9. The van der Waals surface area contributed by atoms with Gasteiger partial charge in [-0.15, -0.1) is 5.10 Å². The first-order valence-electron chi connectivity index (χ1n) is 7.11. The topological polar surface area (TPSA) is 91.2 Å². The number of benzene rings is 1. The molecule has 24 heavy (non-hydrogen) atoms. The second kappa shape index (κ2) is 5.89. The number of aryl methyl sites for hydroxylation is 1. The number of rotatable bonds is 4. The van der Waals surface area contributed by atoms with Gasteiger partial charge in [0.15, 0.2) is 10.6 Å². The molecule has 0 aliphatic carbocycles. The molecule has 120 valence electrons. The minimum absolute atomic E-state index is 0.0000975. The molecule has 0 spiro atoms. The van der Waals surface area contributed by atoms with Gasteiger partial charge in [-0.1, -0.05) is 27.8 Å². The lowest BCUT2D eigenvalue weighted by Gasteiger charge is -1.99. The highest BCUT2D eigenvalue weighted by Crippen LogP contribution is 2.28. The maximum Gasteiger partial charge on any atom is 0.352 e. The van der Waals surface area contributed by atoms with Crippen LogP contribution >= 0.6 is 11.5 Å². The number of aromatic nitrogens is 3. The molecule has 7 nitrogen and oxygen atoms in total. The molecule has 0 aliphatic rings. The van der Waals surface area contributed by atoms with Crippen molar-refractivity contribution >= 4 is 28.5 Å². The van der Waals surface area contributed by atoms with Crippen molar-refractivity contribution in [3.63, 3.8) is 0 Å². The van der Waals surface area contributed by atoms with Crippen LogP contribution in [0.3, 0.4) is 0 Å². The van der Waals surface area contributed by atoms with Crippen molar-refractivity contribution in [1.82, 2.24) is 14.7 Å². The molecule has 0 amide bonds. The number of para-hydroxylation sites is 1. The smallest absolute Gasteiger partial charge is 0.352 e. The van der Waals surface area contributed by atoms with Crippen LogP contribution in [-0.2, 0) is 11.3 Å². The fourth-order valence-electron chi connectivity index (χ4n) is 2.22. The summed E-state index contributed by atoms with van der Waals surface area (Å²) in [7, 11) is 0. The third-order valence-corrected chi connectivity index (χ3v) is 4.22. The third kappa shape index (κ3) is 2.67. The number of ether oxygens (including phenoxy) is 1. The molecule has 8 heteroatoms. The quantitative estimate of drug-likeness (QED) is 0.524. The van der Waals surface area contributed by atoms with Crippen LogP contribution in [0.25, 0.3) is 22.5 Å². The Hall–Kier alpha value is -3.00. The summed E-state index contributed by atoms with van der Waals surface area (Å²) in [6.07, 6.45) is 0. The molecule has 0 atom stereocenters. The van der Waals surface area contributed by atoms with Crippen molar-refractivity contribution in [2.75, 3.05) is 0 Å². The summed E-state index contributed by atoms with van der Waals surface area (Å²) in [5, 5.41) is 8.65. The number of hydrogen-bond donors (Lipinski definition) is 0. The molecule has 0 radical (unpaired) electrons. The molecule has 4 aromatic rings. The van der Waals surface area contributed by atoms with Crippen molar-refractivity contribution in [2.24, 2.45) is 0 Å². The number of carbonyl (C=O) groups is 1. The number of nitrogens with zero attached hydrogens (tertiary/aromatic N) is 3. The standard InChI is InChI=1S/C16H11N3O4S/c1-9-15(24-19-17-9)16(20)21-8-11-7-14(23-18-11)13-6-10-4-2-3-5-12(10)22-13/h2-7H,8H2,1H3. The van der Waals surface area contributed by atoms with Gasteiger partial charge in [0.25, 0.3) is 0 Å². The first-order chi connectivity index (χ1) is 11.7.